The Morgan fingerprint density at radius 1 is 1.31 bits per heavy atom. The van der Waals surface area contributed by atoms with Gasteiger partial charge in [-0.2, -0.15) is 8.42 Å². The summed E-state index contributed by atoms with van der Waals surface area (Å²) < 4.78 is 52.3. The Morgan fingerprint density at radius 3 is 2.44 bits per heavy atom. The zero-order valence-corrected chi connectivity index (χ0v) is 9.92. The third-order valence-corrected chi connectivity index (χ3v) is 4.05. The van der Waals surface area contributed by atoms with Crippen LogP contribution in [-0.4, -0.2) is 42.9 Å². The number of hydrogen-bond acceptors (Lipinski definition) is 6. The molecule has 0 amide bonds. The Bertz CT molecular complexity index is 579. The molecule has 1 radical (unpaired) electrons. The SMILES string of the molecule is Cc1c[c]nc(S(=O)(=O)CCS(=O)(=O)O)n1. The summed E-state index contributed by atoms with van der Waals surface area (Å²) in [6.07, 6.45) is 2.33. The highest BCUT2D eigenvalue weighted by molar-refractivity contribution is 7.93. The van der Waals surface area contributed by atoms with E-state index in [0.29, 0.717) is 5.69 Å². The van der Waals surface area contributed by atoms with Crippen molar-refractivity contribution in [3.05, 3.63) is 18.0 Å². The van der Waals surface area contributed by atoms with Crippen molar-refractivity contribution in [2.75, 3.05) is 11.5 Å². The first-order valence-corrected chi connectivity index (χ1v) is 7.36. The lowest BCUT2D eigenvalue weighted by molar-refractivity contribution is 0.484. The van der Waals surface area contributed by atoms with Crippen molar-refractivity contribution >= 4 is 20.0 Å². The molecule has 0 aliphatic heterocycles. The molecule has 1 rings (SSSR count). The molecule has 9 heteroatoms. The van der Waals surface area contributed by atoms with E-state index in [1.807, 2.05) is 0 Å². The Balaban J connectivity index is 2.95. The van der Waals surface area contributed by atoms with E-state index in [1.54, 1.807) is 6.92 Å². The molecule has 0 bridgehead atoms. The molecule has 0 fully saturated rings. The van der Waals surface area contributed by atoms with Gasteiger partial charge in [0.15, 0.2) is 0 Å². The summed E-state index contributed by atoms with van der Waals surface area (Å²) in [5, 5.41) is -0.490. The molecule has 1 aromatic heterocycles. The van der Waals surface area contributed by atoms with Gasteiger partial charge in [0.2, 0.25) is 15.0 Å². The number of sulfone groups is 1. The maximum atomic E-state index is 11.5. The molecule has 0 unspecified atom stereocenters. The standard InChI is InChI=1S/C7H9N2O5S2/c1-6-2-3-8-7(9-6)15(10,11)4-5-16(12,13)14/h2H,4-5H2,1H3,(H,12,13,14). The number of aryl methyl sites for hydroxylation is 1. The van der Waals surface area contributed by atoms with E-state index in [4.69, 9.17) is 4.55 Å². The minimum atomic E-state index is -4.32. The first kappa shape index (κ1) is 13.0. The van der Waals surface area contributed by atoms with Crippen LogP contribution in [-0.2, 0) is 20.0 Å². The summed E-state index contributed by atoms with van der Waals surface area (Å²) in [6.45, 7) is 1.56. The largest absolute Gasteiger partial charge is 0.286 e. The molecule has 0 saturated heterocycles. The van der Waals surface area contributed by atoms with Crippen LogP contribution in [0.1, 0.15) is 5.69 Å². The highest BCUT2D eigenvalue weighted by Crippen LogP contribution is 2.05. The van der Waals surface area contributed by atoms with Gasteiger partial charge < -0.3 is 0 Å². The molecular formula is C7H9N2O5S2. The zero-order valence-electron chi connectivity index (χ0n) is 8.28. The molecule has 1 aromatic rings. The quantitative estimate of drug-likeness (QED) is 0.562. The van der Waals surface area contributed by atoms with Gasteiger partial charge in [0.05, 0.1) is 17.7 Å². The van der Waals surface area contributed by atoms with Crippen molar-refractivity contribution in [3.8, 4) is 0 Å². The molecule has 7 nitrogen and oxygen atoms in total. The Labute approximate surface area is 93.2 Å². The fourth-order valence-corrected chi connectivity index (χ4v) is 3.21. The molecule has 89 valence electrons. The van der Waals surface area contributed by atoms with Crippen molar-refractivity contribution in [1.82, 2.24) is 9.97 Å². The normalized spacial score (nSPS) is 12.6. The Hall–Kier alpha value is -1.06. The van der Waals surface area contributed by atoms with Gasteiger partial charge >= 0.3 is 0 Å². The maximum absolute atomic E-state index is 11.5. The van der Waals surface area contributed by atoms with E-state index in [0.717, 1.165) is 0 Å². The second-order valence-corrected chi connectivity index (χ2v) is 6.60. The number of aromatic nitrogens is 2. The van der Waals surface area contributed by atoms with Crippen molar-refractivity contribution in [3.63, 3.8) is 0 Å². The predicted molar refractivity (Wildman–Crippen MR) is 54.1 cm³/mol. The van der Waals surface area contributed by atoms with Gasteiger partial charge in [-0.1, -0.05) is 0 Å². The van der Waals surface area contributed by atoms with Crippen LogP contribution in [0.5, 0.6) is 0 Å². The van der Waals surface area contributed by atoms with Gasteiger partial charge in [0, 0.05) is 5.69 Å². The molecule has 0 aliphatic carbocycles. The van der Waals surface area contributed by atoms with Crippen molar-refractivity contribution in [2.45, 2.75) is 12.1 Å². The van der Waals surface area contributed by atoms with Crippen molar-refractivity contribution < 1.29 is 21.4 Å². The minimum absolute atomic E-state index is 0.403. The van der Waals surface area contributed by atoms with Gasteiger partial charge in [0.25, 0.3) is 10.1 Å². The molecule has 0 aromatic carbocycles. The lowest BCUT2D eigenvalue weighted by Crippen LogP contribution is -2.18. The number of nitrogens with zero attached hydrogens (tertiary/aromatic N) is 2. The second kappa shape index (κ2) is 4.44. The Kier molecular flexibility index (Phi) is 3.61. The molecule has 0 saturated carbocycles. The monoisotopic (exact) mass is 265 g/mol. The van der Waals surface area contributed by atoms with Crippen LogP contribution in [0.2, 0.25) is 0 Å². The molecule has 1 N–H and O–H groups in total. The highest BCUT2D eigenvalue weighted by Gasteiger charge is 2.21. The molecular weight excluding hydrogens is 256 g/mol. The predicted octanol–water partition coefficient (Wildman–Crippen LogP) is -0.753. The lowest BCUT2D eigenvalue weighted by atomic mass is 10.5. The van der Waals surface area contributed by atoms with Crippen LogP contribution >= 0.6 is 0 Å². The van der Waals surface area contributed by atoms with E-state index in [2.05, 4.69) is 16.2 Å². The fourth-order valence-electron chi connectivity index (χ4n) is 0.834. The maximum Gasteiger partial charge on any atom is 0.265 e. The van der Waals surface area contributed by atoms with E-state index in [-0.39, 0.29) is 0 Å². The Morgan fingerprint density at radius 2 is 1.94 bits per heavy atom. The summed E-state index contributed by atoms with van der Waals surface area (Å²) in [5.41, 5.74) is 0.403. The van der Waals surface area contributed by atoms with Crippen LogP contribution in [0.3, 0.4) is 0 Å². The topological polar surface area (TPSA) is 114 Å². The molecule has 1 heterocycles. The summed E-state index contributed by atoms with van der Waals surface area (Å²) in [4.78, 5) is 7.05. The van der Waals surface area contributed by atoms with Crippen LogP contribution in [0.25, 0.3) is 0 Å². The molecule has 0 spiro atoms. The molecule has 0 aliphatic rings. The van der Waals surface area contributed by atoms with E-state index in [1.165, 1.54) is 6.07 Å². The van der Waals surface area contributed by atoms with Crippen LogP contribution in [0.4, 0.5) is 0 Å². The number of rotatable bonds is 4. The summed E-state index contributed by atoms with van der Waals surface area (Å²) in [6, 6.07) is 1.39. The third-order valence-electron chi connectivity index (χ3n) is 1.59. The zero-order chi connectivity index (χ0) is 12.4. The van der Waals surface area contributed by atoms with Gasteiger partial charge in [-0.3, -0.25) is 4.55 Å². The third kappa shape index (κ3) is 3.83. The van der Waals surface area contributed by atoms with Crippen molar-refractivity contribution in [1.29, 1.82) is 0 Å². The van der Waals surface area contributed by atoms with Crippen LogP contribution in [0.15, 0.2) is 11.2 Å². The smallest absolute Gasteiger partial charge is 0.265 e. The molecule has 16 heavy (non-hydrogen) atoms. The van der Waals surface area contributed by atoms with Crippen LogP contribution in [0, 0.1) is 13.1 Å². The van der Waals surface area contributed by atoms with E-state index < -0.39 is 36.6 Å². The second-order valence-electron chi connectivity index (χ2n) is 3.03. The average molecular weight is 265 g/mol. The lowest BCUT2D eigenvalue weighted by Gasteiger charge is -2.01. The van der Waals surface area contributed by atoms with Gasteiger partial charge in [-0.05, 0) is 13.0 Å². The number of hydrogen-bond donors (Lipinski definition) is 1. The van der Waals surface area contributed by atoms with Crippen LogP contribution < -0.4 is 0 Å². The fraction of sp³-hybridized carbons (Fsp3) is 0.429. The van der Waals surface area contributed by atoms with Crippen molar-refractivity contribution in [2.24, 2.45) is 0 Å². The molecule has 0 atom stereocenters. The van der Waals surface area contributed by atoms with E-state index in [9.17, 15) is 16.8 Å². The average Bonchev–Trinajstić information content (AvgIpc) is 2.14. The van der Waals surface area contributed by atoms with E-state index >= 15 is 0 Å². The van der Waals surface area contributed by atoms with Gasteiger partial charge in [-0.25, -0.2) is 18.4 Å². The first-order valence-electron chi connectivity index (χ1n) is 4.10. The summed E-state index contributed by atoms with van der Waals surface area (Å²) in [5.74, 6) is -1.64. The highest BCUT2D eigenvalue weighted by atomic mass is 32.2. The summed E-state index contributed by atoms with van der Waals surface area (Å²) in [7, 11) is -8.23. The van der Waals surface area contributed by atoms with Gasteiger partial charge in [0.1, 0.15) is 0 Å². The minimum Gasteiger partial charge on any atom is -0.286 e. The summed E-state index contributed by atoms with van der Waals surface area (Å²) >= 11 is 0. The van der Waals surface area contributed by atoms with Gasteiger partial charge in [-0.15, -0.1) is 0 Å². The first-order chi connectivity index (χ1) is 7.21.